The summed E-state index contributed by atoms with van der Waals surface area (Å²) < 4.78 is 0. The number of hydrogen-bond acceptors (Lipinski definition) is 1. The highest BCUT2D eigenvalue weighted by atomic mass is 14.4. The van der Waals surface area contributed by atoms with Crippen LogP contribution < -0.4 is 0 Å². The van der Waals surface area contributed by atoms with E-state index in [2.05, 4.69) is 6.92 Å². The zero-order valence-electron chi connectivity index (χ0n) is 6.06. The van der Waals surface area contributed by atoms with Crippen LogP contribution in [0.3, 0.4) is 0 Å². The Balaban J connectivity index is 2.31. The minimum atomic E-state index is 0.605. The maximum atomic E-state index is 7.06. The first-order chi connectivity index (χ1) is 4.33. The number of nitrogens with one attached hydrogen (secondary N) is 1. The highest BCUT2D eigenvalue weighted by Gasteiger charge is 2.15. The van der Waals surface area contributed by atoms with Crippen molar-refractivity contribution in [1.29, 1.82) is 5.41 Å². The van der Waals surface area contributed by atoms with Crippen molar-refractivity contribution in [3.05, 3.63) is 0 Å². The smallest absolute Gasteiger partial charge is 0.00166 e. The molecule has 1 saturated carbocycles. The summed E-state index contributed by atoms with van der Waals surface area (Å²) in [6.45, 7) is 2.29. The van der Waals surface area contributed by atoms with Crippen LogP contribution in [0.4, 0.5) is 0 Å². The van der Waals surface area contributed by atoms with E-state index in [1.807, 2.05) is 0 Å². The summed E-state index contributed by atoms with van der Waals surface area (Å²) in [7, 11) is 0. The van der Waals surface area contributed by atoms with Crippen LogP contribution >= 0.6 is 0 Å². The molecular weight excluding hydrogens is 110 g/mol. The lowest BCUT2D eigenvalue weighted by Gasteiger charge is -2.22. The zero-order chi connectivity index (χ0) is 6.69. The first-order valence-electron chi connectivity index (χ1n) is 3.83. The van der Waals surface area contributed by atoms with E-state index in [1.165, 1.54) is 25.7 Å². The molecule has 0 aromatic rings. The summed E-state index contributed by atoms with van der Waals surface area (Å²) in [5.41, 5.74) is 0. The Hall–Kier alpha value is -0.330. The van der Waals surface area contributed by atoms with Gasteiger partial charge < -0.3 is 5.41 Å². The Morgan fingerprint density at radius 1 is 1.44 bits per heavy atom. The van der Waals surface area contributed by atoms with Crippen molar-refractivity contribution < 1.29 is 0 Å². The third kappa shape index (κ3) is 1.81. The van der Waals surface area contributed by atoms with Gasteiger partial charge in [0.15, 0.2) is 0 Å². The van der Waals surface area contributed by atoms with Crippen molar-refractivity contribution in [2.45, 2.75) is 32.6 Å². The lowest BCUT2D eigenvalue weighted by atomic mass is 9.83. The molecule has 0 heterocycles. The van der Waals surface area contributed by atoms with E-state index in [1.54, 1.807) is 6.21 Å². The molecule has 0 saturated heterocycles. The fourth-order valence-corrected chi connectivity index (χ4v) is 1.63. The van der Waals surface area contributed by atoms with Gasteiger partial charge >= 0.3 is 0 Å². The third-order valence-corrected chi connectivity index (χ3v) is 2.21. The molecule has 1 rings (SSSR count). The fourth-order valence-electron chi connectivity index (χ4n) is 1.63. The highest BCUT2D eigenvalue weighted by molar-refractivity contribution is 5.56. The second-order valence-corrected chi connectivity index (χ2v) is 3.20. The molecule has 0 radical (unpaired) electrons. The molecule has 0 aromatic carbocycles. The van der Waals surface area contributed by atoms with Gasteiger partial charge in [0.25, 0.3) is 0 Å². The van der Waals surface area contributed by atoms with Crippen LogP contribution in [0.25, 0.3) is 0 Å². The molecule has 0 aliphatic heterocycles. The third-order valence-electron chi connectivity index (χ3n) is 2.21. The van der Waals surface area contributed by atoms with Crippen LogP contribution in [-0.4, -0.2) is 6.21 Å². The Bertz CT molecular complexity index is 98.7. The topological polar surface area (TPSA) is 23.9 Å². The van der Waals surface area contributed by atoms with E-state index in [9.17, 15) is 0 Å². The largest absolute Gasteiger partial charge is 0.313 e. The summed E-state index contributed by atoms with van der Waals surface area (Å²) in [6.07, 6.45) is 6.85. The molecule has 52 valence electrons. The van der Waals surface area contributed by atoms with E-state index >= 15 is 0 Å². The maximum Gasteiger partial charge on any atom is -0.00166 e. The van der Waals surface area contributed by atoms with Crippen molar-refractivity contribution in [1.82, 2.24) is 0 Å². The molecule has 1 aliphatic rings. The molecule has 9 heavy (non-hydrogen) atoms. The number of rotatable bonds is 1. The predicted octanol–water partition coefficient (Wildman–Crippen LogP) is 2.46. The molecule has 0 amide bonds. The van der Waals surface area contributed by atoms with Gasteiger partial charge in [-0.25, -0.2) is 0 Å². The van der Waals surface area contributed by atoms with Gasteiger partial charge in [0, 0.05) is 0 Å². The van der Waals surface area contributed by atoms with Gasteiger partial charge in [0.2, 0.25) is 0 Å². The first kappa shape index (κ1) is 6.79. The molecule has 1 nitrogen and oxygen atoms in total. The quantitative estimate of drug-likeness (QED) is 0.520. The zero-order valence-corrected chi connectivity index (χ0v) is 6.06. The van der Waals surface area contributed by atoms with Gasteiger partial charge in [-0.15, -0.1) is 0 Å². The van der Waals surface area contributed by atoms with Gasteiger partial charge in [-0.05, 0) is 30.9 Å². The standard InChI is InChI=1S/C8H15N/c1-7-3-2-4-8(5-7)6-9/h6-9H,2-5H2,1H3/t7?,8-/m0/s1. The first-order valence-corrected chi connectivity index (χ1v) is 3.83. The summed E-state index contributed by atoms with van der Waals surface area (Å²) in [4.78, 5) is 0. The highest BCUT2D eigenvalue weighted by Crippen LogP contribution is 2.26. The molecular formula is C8H15N. The number of hydrogen-bond donors (Lipinski definition) is 1. The van der Waals surface area contributed by atoms with Crippen LogP contribution in [0.15, 0.2) is 0 Å². The van der Waals surface area contributed by atoms with Gasteiger partial charge in [-0.2, -0.15) is 0 Å². The summed E-state index contributed by atoms with van der Waals surface area (Å²) in [5, 5.41) is 7.06. The lowest BCUT2D eigenvalue weighted by molar-refractivity contribution is 0.343. The summed E-state index contributed by atoms with van der Waals surface area (Å²) in [6, 6.07) is 0. The molecule has 2 atom stereocenters. The van der Waals surface area contributed by atoms with Crippen LogP contribution in [0.2, 0.25) is 0 Å². The molecule has 0 aromatic heterocycles. The van der Waals surface area contributed by atoms with E-state index < -0.39 is 0 Å². The van der Waals surface area contributed by atoms with Gasteiger partial charge in [-0.3, -0.25) is 0 Å². The summed E-state index contributed by atoms with van der Waals surface area (Å²) in [5.74, 6) is 1.47. The summed E-state index contributed by atoms with van der Waals surface area (Å²) >= 11 is 0. The lowest BCUT2D eigenvalue weighted by Crippen LogP contribution is -2.13. The average Bonchev–Trinajstić information content (AvgIpc) is 1.88. The van der Waals surface area contributed by atoms with Crippen molar-refractivity contribution in [3.63, 3.8) is 0 Å². The second-order valence-electron chi connectivity index (χ2n) is 3.20. The van der Waals surface area contributed by atoms with Crippen LogP contribution in [0, 0.1) is 17.2 Å². The fraction of sp³-hybridized carbons (Fsp3) is 0.875. The average molecular weight is 125 g/mol. The molecule has 0 spiro atoms. The van der Waals surface area contributed by atoms with Crippen LogP contribution in [-0.2, 0) is 0 Å². The second kappa shape index (κ2) is 3.00. The molecule has 1 unspecified atom stereocenters. The van der Waals surface area contributed by atoms with Gasteiger partial charge in [0.05, 0.1) is 0 Å². The minimum absolute atomic E-state index is 0.605. The monoisotopic (exact) mass is 125 g/mol. The van der Waals surface area contributed by atoms with Crippen molar-refractivity contribution in [2.24, 2.45) is 11.8 Å². The van der Waals surface area contributed by atoms with E-state index in [-0.39, 0.29) is 0 Å². The Labute approximate surface area is 57.0 Å². The van der Waals surface area contributed by atoms with E-state index in [0.717, 1.165) is 5.92 Å². The van der Waals surface area contributed by atoms with E-state index in [0.29, 0.717) is 5.92 Å². The molecule has 1 fully saturated rings. The van der Waals surface area contributed by atoms with E-state index in [4.69, 9.17) is 5.41 Å². The molecule has 1 aliphatic carbocycles. The Kier molecular flexibility index (Phi) is 2.26. The SMILES string of the molecule is CC1CCC[C@H](C=N)C1. The molecule has 1 heteroatoms. The van der Waals surface area contributed by atoms with Crippen LogP contribution in [0.5, 0.6) is 0 Å². The predicted molar refractivity (Wildman–Crippen MR) is 39.9 cm³/mol. The minimum Gasteiger partial charge on any atom is -0.313 e. The van der Waals surface area contributed by atoms with Crippen molar-refractivity contribution >= 4 is 6.21 Å². The van der Waals surface area contributed by atoms with Gasteiger partial charge in [0.1, 0.15) is 0 Å². The molecule has 1 N–H and O–H groups in total. The Morgan fingerprint density at radius 3 is 2.67 bits per heavy atom. The normalized spacial score (nSPS) is 36.1. The van der Waals surface area contributed by atoms with Crippen molar-refractivity contribution in [2.75, 3.05) is 0 Å². The van der Waals surface area contributed by atoms with Crippen LogP contribution in [0.1, 0.15) is 32.6 Å². The van der Waals surface area contributed by atoms with Gasteiger partial charge in [-0.1, -0.05) is 19.8 Å². The maximum absolute atomic E-state index is 7.06. The van der Waals surface area contributed by atoms with Crippen molar-refractivity contribution in [3.8, 4) is 0 Å². The Morgan fingerprint density at radius 2 is 2.22 bits per heavy atom. The molecule has 0 bridgehead atoms.